The molecule has 0 aliphatic rings. The molecule has 0 spiro atoms. The Morgan fingerprint density at radius 1 is 1.17 bits per heavy atom. The van der Waals surface area contributed by atoms with E-state index in [0.717, 1.165) is 11.1 Å². The molecule has 1 atom stereocenters. The highest BCUT2D eigenvalue weighted by atomic mass is 32.2. The first-order valence-corrected chi connectivity index (χ1v) is 9.03. The third kappa shape index (κ3) is 3.68. The first-order chi connectivity index (χ1) is 11.3. The Balaban J connectivity index is 2.41. The number of rotatable bonds is 6. The summed E-state index contributed by atoms with van der Waals surface area (Å²) in [5.41, 5.74) is 0.937. The van der Waals surface area contributed by atoms with Gasteiger partial charge in [0.05, 0.1) is 17.9 Å². The highest BCUT2D eigenvalue weighted by molar-refractivity contribution is 7.89. The number of hydrogen-bond acceptors (Lipinski definition) is 5. The fraction of sp³-hybridized carbons (Fsp3) is 0.353. The van der Waals surface area contributed by atoms with Gasteiger partial charge in [0.25, 0.3) is 0 Å². The second kappa shape index (κ2) is 7.19. The molecule has 130 valence electrons. The van der Waals surface area contributed by atoms with Gasteiger partial charge in [-0.1, -0.05) is 31.2 Å². The van der Waals surface area contributed by atoms with Crippen molar-refractivity contribution in [1.82, 2.24) is 4.72 Å². The Bertz CT molecular complexity index is 847. The van der Waals surface area contributed by atoms with E-state index in [1.807, 2.05) is 37.2 Å². The van der Waals surface area contributed by atoms with Crippen molar-refractivity contribution in [2.75, 3.05) is 32.6 Å². The largest absolute Gasteiger partial charge is 0.469 e. The van der Waals surface area contributed by atoms with Crippen LogP contribution in [0.1, 0.15) is 6.92 Å². The molecule has 0 radical (unpaired) electrons. The van der Waals surface area contributed by atoms with Crippen molar-refractivity contribution in [2.45, 2.75) is 11.8 Å². The Labute approximate surface area is 142 Å². The van der Waals surface area contributed by atoms with Crippen LogP contribution >= 0.6 is 0 Å². The topological polar surface area (TPSA) is 75.7 Å². The number of esters is 1. The predicted molar refractivity (Wildman–Crippen MR) is 94.6 cm³/mol. The minimum absolute atomic E-state index is 0.0151. The van der Waals surface area contributed by atoms with Crippen molar-refractivity contribution < 1.29 is 17.9 Å². The lowest BCUT2D eigenvalue weighted by atomic mass is 10.1. The fourth-order valence-corrected chi connectivity index (χ4v) is 3.84. The summed E-state index contributed by atoms with van der Waals surface area (Å²) in [5, 5.41) is 1.49. The number of anilines is 1. The van der Waals surface area contributed by atoms with Crippen molar-refractivity contribution in [2.24, 2.45) is 5.92 Å². The highest BCUT2D eigenvalue weighted by Crippen LogP contribution is 2.30. The molecular weight excluding hydrogens is 328 g/mol. The van der Waals surface area contributed by atoms with E-state index in [4.69, 9.17) is 0 Å². The second-order valence-electron chi connectivity index (χ2n) is 5.80. The van der Waals surface area contributed by atoms with Crippen LogP contribution in [-0.4, -0.2) is 42.1 Å². The SMILES string of the molecule is COC(=O)C(C)CNS(=O)(=O)c1cccc2c(N(C)C)cccc12. The van der Waals surface area contributed by atoms with Gasteiger partial charge in [0, 0.05) is 37.1 Å². The van der Waals surface area contributed by atoms with Gasteiger partial charge in [-0.3, -0.25) is 4.79 Å². The number of carbonyl (C=O) groups excluding carboxylic acids is 1. The van der Waals surface area contributed by atoms with Gasteiger partial charge in [0.1, 0.15) is 0 Å². The van der Waals surface area contributed by atoms with Crippen molar-refractivity contribution in [3.8, 4) is 0 Å². The first-order valence-electron chi connectivity index (χ1n) is 7.54. The Kier molecular flexibility index (Phi) is 5.46. The minimum Gasteiger partial charge on any atom is -0.469 e. The van der Waals surface area contributed by atoms with Crippen molar-refractivity contribution in [1.29, 1.82) is 0 Å². The lowest BCUT2D eigenvalue weighted by Crippen LogP contribution is -2.32. The molecule has 0 aliphatic heterocycles. The molecule has 1 unspecified atom stereocenters. The van der Waals surface area contributed by atoms with E-state index in [1.165, 1.54) is 7.11 Å². The van der Waals surface area contributed by atoms with Crippen LogP contribution in [0.25, 0.3) is 10.8 Å². The number of ether oxygens (including phenoxy) is 1. The molecule has 0 saturated heterocycles. The molecule has 0 amide bonds. The highest BCUT2D eigenvalue weighted by Gasteiger charge is 2.21. The zero-order valence-electron chi connectivity index (χ0n) is 14.2. The Morgan fingerprint density at radius 2 is 1.79 bits per heavy atom. The molecule has 2 rings (SSSR count). The van der Waals surface area contributed by atoms with E-state index in [1.54, 1.807) is 25.1 Å². The van der Waals surface area contributed by atoms with Crippen LogP contribution in [0.2, 0.25) is 0 Å². The van der Waals surface area contributed by atoms with Crippen LogP contribution in [0.5, 0.6) is 0 Å². The standard InChI is InChI=1S/C17H22N2O4S/c1-12(17(20)23-4)11-18-24(21,22)16-10-6-7-13-14(16)8-5-9-15(13)19(2)3/h5-10,12,18H,11H2,1-4H3. The number of hydrogen-bond donors (Lipinski definition) is 1. The third-order valence-electron chi connectivity index (χ3n) is 3.81. The number of methoxy groups -OCH3 is 1. The monoisotopic (exact) mass is 350 g/mol. The average Bonchev–Trinajstić information content (AvgIpc) is 2.57. The summed E-state index contributed by atoms with van der Waals surface area (Å²) in [7, 11) is 1.35. The fourth-order valence-electron chi connectivity index (χ4n) is 2.49. The molecule has 0 aliphatic carbocycles. The molecule has 0 bridgehead atoms. The molecular formula is C17H22N2O4S. The molecule has 6 nitrogen and oxygen atoms in total. The Morgan fingerprint density at radius 3 is 2.42 bits per heavy atom. The number of carbonyl (C=O) groups is 1. The number of sulfonamides is 1. The number of nitrogens with one attached hydrogen (secondary N) is 1. The number of nitrogens with zero attached hydrogens (tertiary/aromatic N) is 1. The maximum Gasteiger partial charge on any atom is 0.309 e. The van der Waals surface area contributed by atoms with Crippen LogP contribution in [0.4, 0.5) is 5.69 Å². The summed E-state index contributed by atoms with van der Waals surface area (Å²) in [6.45, 7) is 1.60. The smallest absolute Gasteiger partial charge is 0.309 e. The molecule has 24 heavy (non-hydrogen) atoms. The van der Waals surface area contributed by atoms with E-state index < -0.39 is 21.9 Å². The predicted octanol–water partition coefficient (Wildman–Crippen LogP) is 1.99. The van der Waals surface area contributed by atoms with Gasteiger partial charge in [0.2, 0.25) is 10.0 Å². The van der Waals surface area contributed by atoms with Gasteiger partial charge in [0.15, 0.2) is 0 Å². The van der Waals surface area contributed by atoms with Gasteiger partial charge in [-0.05, 0) is 12.1 Å². The van der Waals surface area contributed by atoms with Gasteiger partial charge in [-0.25, -0.2) is 13.1 Å². The van der Waals surface area contributed by atoms with Crippen LogP contribution in [-0.2, 0) is 19.6 Å². The molecule has 2 aromatic rings. The van der Waals surface area contributed by atoms with Gasteiger partial charge < -0.3 is 9.64 Å². The first kappa shape index (κ1) is 18.2. The molecule has 1 N–H and O–H groups in total. The van der Waals surface area contributed by atoms with E-state index in [2.05, 4.69) is 9.46 Å². The molecule has 7 heteroatoms. The quantitative estimate of drug-likeness (QED) is 0.807. The molecule has 2 aromatic carbocycles. The van der Waals surface area contributed by atoms with E-state index in [-0.39, 0.29) is 11.4 Å². The van der Waals surface area contributed by atoms with Gasteiger partial charge in [-0.15, -0.1) is 0 Å². The minimum atomic E-state index is -3.74. The Hall–Kier alpha value is -2.12. The van der Waals surface area contributed by atoms with Crippen LogP contribution in [0.3, 0.4) is 0 Å². The van der Waals surface area contributed by atoms with E-state index in [0.29, 0.717) is 5.39 Å². The summed E-state index contributed by atoms with van der Waals surface area (Å²) in [5.74, 6) is -1.01. The molecule has 0 fully saturated rings. The summed E-state index contributed by atoms with van der Waals surface area (Å²) in [4.78, 5) is 13.6. The maximum absolute atomic E-state index is 12.7. The third-order valence-corrected chi connectivity index (χ3v) is 5.30. The van der Waals surface area contributed by atoms with E-state index >= 15 is 0 Å². The van der Waals surface area contributed by atoms with Crippen molar-refractivity contribution in [3.63, 3.8) is 0 Å². The van der Waals surface area contributed by atoms with Crippen molar-refractivity contribution in [3.05, 3.63) is 36.4 Å². The molecule has 0 aromatic heterocycles. The summed E-state index contributed by atoms with van der Waals surface area (Å²) in [6, 6.07) is 10.7. The van der Waals surface area contributed by atoms with Crippen LogP contribution in [0.15, 0.2) is 41.3 Å². The molecule has 0 heterocycles. The second-order valence-corrected chi connectivity index (χ2v) is 7.53. The van der Waals surface area contributed by atoms with Gasteiger partial charge >= 0.3 is 5.97 Å². The maximum atomic E-state index is 12.7. The summed E-state index contributed by atoms with van der Waals surface area (Å²) >= 11 is 0. The average molecular weight is 350 g/mol. The normalized spacial score (nSPS) is 12.8. The number of benzene rings is 2. The van der Waals surface area contributed by atoms with Crippen LogP contribution in [0, 0.1) is 5.92 Å². The summed E-state index contributed by atoms with van der Waals surface area (Å²) < 4.78 is 32.4. The zero-order valence-corrected chi connectivity index (χ0v) is 15.1. The van der Waals surface area contributed by atoms with Crippen molar-refractivity contribution >= 4 is 32.5 Å². The lowest BCUT2D eigenvalue weighted by Gasteiger charge is -2.17. The number of fused-ring (bicyclic) bond motifs is 1. The van der Waals surface area contributed by atoms with E-state index in [9.17, 15) is 13.2 Å². The molecule has 0 saturated carbocycles. The zero-order chi connectivity index (χ0) is 17.9. The lowest BCUT2D eigenvalue weighted by molar-refractivity contribution is -0.144. The van der Waals surface area contributed by atoms with Gasteiger partial charge in [-0.2, -0.15) is 0 Å². The van der Waals surface area contributed by atoms with Crippen LogP contribution < -0.4 is 9.62 Å². The summed E-state index contributed by atoms with van der Waals surface area (Å²) in [6.07, 6.45) is 0.